The van der Waals surface area contributed by atoms with E-state index < -0.39 is 0 Å². The lowest BCUT2D eigenvalue weighted by Gasteiger charge is -2.09. The van der Waals surface area contributed by atoms with Gasteiger partial charge in [-0.05, 0) is 25.3 Å². The fourth-order valence-electron chi connectivity index (χ4n) is 1.11. The molecule has 0 heterocycles. The van der Waals surface area contributed by atoms with Gasteiger partial charge in [0.15, 0.2) is 0 Å². The van der Waals surface area contributed by atoms with Crippen molar-refractivity contribution in [2.24, 2.45) is 5.92 Å². The Kier molecular flexibility index (Phi) is 7.69. The average molecular weight is 210 g/mol. The molecule has 0 aliphatic rings. The van der Waals surface area contributed by atoms with Crippen molar-refractivity contribution in [1.82, 2.24) is 0 Å². The smallest absolute Gasteiger partial charge is 0.308 e. The summed E-state index contributed by atoms with van der Waals surface area (Å²) in [5, 5.41) is 0. The van der Waals surface area contributed by atoms with Crippen LogP contribution in [0, 0.1) is 5.92 Å². The number of rotatable bonds is 6. The third-order valence-electron chi connectivity index (χ3n) is 2.24. The van der Waals surface area contributed by atoms with Crippen LogP contribution in [0.2, 0.25) is 0 Å². The van der Waals surface area contributed by atoms with Crippen molar-refractivity contribution in [2.45, 2.75) is 40.5 Å². The van der Waals surface area contributed by atoms with Crippen LogP contribution < -0.4 is 0 Å². The third kappa shape index (κ3) is 6.10. The van der Waals surface area contributed by atoms with E-state index in [2.05, 4.69) is 13.0 Å². The minimum absolute atomic E-state index is 0.00140. The highest BCUT2D eigenvalue weighted by molar-refractivity contribution is 5.72. The van der Waals surface area contributed by atoms with E-state index in [0.717, 1.165) is 18.4 Å². The van der Waals surface area contributed by atoms with Gasteiger partial charge in [0.25, 0.3) is 0 Å². The maximum absolute atomic E-state index is 11.4. The molecule has 0 bridgehead atoms. The Hall–Kier alpha value is -1.05. The molecular weight excluding hydrogens is 188 g/mol. The highest BCUT2D eigenvalue weighted by Crippen LogP contribution is 2.06. The first kappa shape index (κ1) is 13.9. The van der Waals surface area contributed by atoms with Crippen molar-refractivity contribution in [2.75, 3.05) is 6.61 Å². The second-order valence-electron chi connectivity index (χ2n) is 3.60. The predicted octanol–water partition coefficient (Wildman–Crippen LogP) is 3.49. The standard InChI is InChI=1S/C13H22O2/c1-5-8-12(9-6-2)10-15-13(14)11(4)7-3/h5,8-9,11H,6-7,10H2,1-4H3. The topological polar surface area (TPSA) is 26.3 Å². The van der Waals surface area contributed by atoms with Crippen molar-refractivity contribution in [3.8, 4) is 0 Å². The highest BCUT2D eigenvalue weighted by atomic mass is 16.5. The van der Waals surface area contributed by atoms with Crippen LogP contribution in [-0.2, 0) is 9.53 Å². The molecule has 2 heteroatoms. The van der Waals surface area contributed by atoms with Crippen LogP contribution in [-0.4, -0.2) is 12.6 Å². The summed E-state index contributed by atoms with van der Waals surface area (Å²) in [6.45, 7) is 8.29. The zero-order chi connectivity index (χ0) is 11.7. The number of allylic oxidation sites excluding steroid dienone is 2. The van der Waals surface area contributed by atoms with E-state index in [4.69, 9.17) is 4.74 Å². The van der Waals surface area contributed by atoms with Gasteiger partial charge in [0.05, 0.1) is 5.92 Å². The molecule has 0 aliphatic carbocycles. The van der Waals surface area contributed by atoms with E-state index in [9.17, 15) is 4.79 Å². The van der Waals surface area contributed by atoms with Crippen LogP contribution in [0.15, 0.2) is 23.8 Å². The van der Waals surface area contributed by atoms with Crippen molar-refractivity contribution in [1.29, 1.82) is 0 Å². The minimum atomic E-state index is -0.107. The van der Waals surface area contributed by atoms with E-state index in [1.54, 1.807) is 0 Å². The lowest BCUT2D eigenvalue weighted by molar-refractivity contribution is -0.146. The monoisotopic (exact) mass is 210 g/mol. The fraction of sp³-hybridized carbons (Fsp3) is 0.615. The van der Waals surface area contributed by atoms with Gasteiger partial charge >= 0.3 is 5.97 Å². The first-order chi connectivity index (χ1) is 7.15. The van der Waals surface area contributed by atoms with Crippen molar-refractivity contribution >= 4 is 5.97 Å². The number of hydrogen-bond acceptors (Lipinski definition) is 2. The zero-order valence-electron chi connectivity index (χ0n) is 10.2. The molecule has 1 unspecified atom stereocenters. The minimum Gasteiger partial charge on any atom is -0.461 e. The summed E-state index contributed by atoms with van der Waals surface area (Å²) in [4.78, 5) is 11.4. The van der Waals surface area contributed by atoms with Gasteiger partial charge in [0.1, 0.15) is 6.61 Å². The van der Waals surface area contributed by atoms with Crippen LogP contribution in [0.3, 0.4) is 0 Å². The van der Waals surface area contributed by atoms with Gasteiger partial charge in [-0.1, -0.05) is 39.0 Å². The van der Waals surface area contributed by atoms with Gasteiger partial charge in [-0.3, -0.25) is 4.79 Å². The average Bonchev–Trinajstić information content (AvgIpc) is 2.25. The molecule has 0 aromatic heterocycles. The molecule has 0 aromatic carbocycles. The molecule has 15 heavy (non-hydrogen) atoms. The first-order valence-electron chi connectivity index (χ1n) is 5.64. The SMILES string of the molecule is CC=CC(=CCC)COC(=O)C(C)CC. The van der Waals surface area contributed by atoms with Crippen molar-refractivity contribution in [3.63, 3.8) is 0 Å². The van der Waals surface area contributed by atoms with Crippen LogP contribution >= 0.6 is 0 Å². The Labute approximate surface area is 93.0 Å². The normalized spacial score (nSPS) is 14.3. The summed E-state index contributed by atoms with van der Waals surface area (Å²) in [5.74, 6) is -0.109. The van der Waals surface area contributed by atoms with Gasteiger partial charge in [0, 0.05) is 0 Å². The molecule has 0 saturated carbocycles. The van der Waals surface area contributed by atoms with Gasteiger partial charge in [-0.2, -0.15) is 0 Å². The summed E-state index contributed by atoms with van der Waals surface area (Å²) >= 11 is 0. The van der Waals surface area contributed by atoms with Crippen LogP contribution in [0.4, 0.5) is 0 Å². The van der Waals surface area contributed by atoms with Crippen LogP contribution in [0.1, 0.15) is 40.5 Å². The molecule has 1 atom stereocenters. The molecule has 2 nitrogen and oxygen atoms in total. The quantitative estimate of drug-likeness (QED) is 0.495. The Balaban J connectivity index is 4.11. The number of carbonyl (C=O) groups excluding carboxylic acids is 1. The maximum Gasteiger partial charge on any atom is 0.308 e. The molecule has 0 amide bonds. The molecule has 0 aliphatic heterocycles. The molecule has 0 radical (unpaired) electrons. The zero-order valence-corrected chi connectivity index (χ0v) is 10.2. The summed E-state index contributed by atoms with van der Waals surface area (Å²) in [6.07, 6.45) is 7.80. The van der Waals surface area contributed by atoms with Gasteiger partial charge in [-0.25, -0.2) is 0 Å². The van der Waals surface area contributed by atoms with Crippen molar-refractivity contribution in [3.05, 3.63) is 23.8 Å². The third-order valence-corrected chi connectivity index (χ3v) is 2.24. The second-order valence-corrected chi connectivity index (χ2v) is 3.60. The second kappa shape index (κ2) is 8.27. The Morgan fingerprint density at radius 2 is 2.07 bits per heavy atom. The van der Waals surface area contributed by atoms with Crippen LogP contribution in [0.25, 0.3) is 0 Å². The molecule has 0 fully saturated rings. The van der Waals surface area contributed by atoms with E-state index >= 15 is 0 Å². The number of carbonyl (C=O) groups is 1. The van der Waals surface area contributed by atoms with Gasteiger partial charge in [-0.15, -0.1) is 0 Å². The molecular formula is C13H22O2. The van der Waals surface area contributed by atoms with Gasteiger partial charge < -0.3 is 4.74 Å². The maximum atomic E-state index is 11.4. The van der Waals surface area contributed by atoms with Crippen LogP contribution in [0.5, 0.6) is 0 Å². The molecule has 0 saturated heterocycles. The first-order valence-corrected chi connectivity index (χ1v) is 5.64. The van der Waals surface area contributed by atoms with E-state index in [1.807, 2.05) is 32.9 Å². The molecule has 0 rings (SSSR count). The summed E-state index contributed by atoms with van der Waals surface area (Å²) in [7, 11) is 0. The Morgan fingerprint density at radius 3 is 2.53 bits per heavy atom. The summed E-state index contributed by atoms with van der Waals surface area (Å²) in [6, 6.07) is 0. The van der Waals surface area contributed by atoms with Gasteiger partial charge in [0.2, 0.25) is 0 Å². The largest absolute Gasteiger partial charge is 0.461 e. The predicted molar refractivity (Wildman–Crippen MR) is 63.6 cm³/mol. The Bertz CT molecular complexity index is 239. The number of hydrogen-bond donors (Lipinski definition) is 0. The molecule has 0 spiro atoms. The van der Waals surface area contributed by atoms with E-state index in [1.165, 1.54) is 0 Å². The highest BCUT2D eigenvalue weighted by Gasteiger charge is 2.11. The summed E-state index contributed by atoms with van der Waals surface area (Å²) < 4.78 is 5.20. The number of ether oxygens (including phenoxy) is 1. The lowest BCUT2D eigenvalue weighted by Crippen LogP contribution is -2.15. The fourth-order valence-corrected chi connectivity index (χ4v) is 1.11. The van der Waals surface area contributed by atoms with Crippen molar-refractivity contribution < 1.29 is 9.53 Å². The summed E-state index contributed by atoms with van der Waals surface area (Å²) in [5.41, 5.74) is 1.07. The Morgan fingerprint density at radius 1 is 1.40 bits per heavy atom. The van der Waals surface area contributed by atoms with E-state index in [-0.39, 0.29) is 11.9 Å². The number of esters is 1. The van der Waals surface area contributed by atoms with E-state index in [0.29, 0.717) is 6.61 Å². The molecule has 0 aromatic rings. The molecule has 0 N–H and O–H groups in total. The molecule has 86 valence electrons. The lowest BCUT2D eigenvalue weighted by atomic mass is 10.1.